The number of aryl methyl sites for hydroxylation is 1. The van der Waals surface area contributed by atoms with Gasteiger partial charge < -0.3 is 14.6 Å². The van der Waals surface area contributed by atoms with Crippen molar-refractivity contribution >= 4 is 51.5 Å². The quantitative estimate of drug-likeness (QED) is 0.297. The molecule has 1 amide bonds. The van der Waals surface area contributed by atoms with Crippen molar-refractivity contribution in [3.63, 3.8) is 0 Å². The number of anilines is 1. The van der Waals surface area contributed by atoms with Gasteiger partial charge in [-0.1, -0.05) is 78.2 Å². The zero-order valence-corrected chi connectivity index (χ0v) is 21.5. The summed E-state index contributed by atoms with van der Waals surface area (Å²) in [5.74, 6) is -1.29. The molecule has 0 aliphatic rings. The Labute approximate surface area is 218 Å². The predicted octanol–water partition coefficient (Wildman–Crippen LogP) is 6.39. The second-order valence-electron chi connectivity index (χ2n) is 8.42. The summed E-state index contributed by atoms with van der Waals surface area (Å²) >= 11 is 12.0. The molecule has 184 valence electrons. The van der Waals surface area contributed by atoms with Crippen molar-refractivity contribution in [3.8, 4) is 11.1 Å². The van der Waals surface area contributed by atoms with E-state index in [1.807, 2.05) is 37.3 Å². The normalized spacial score (nSPS) is 11.8. The van der Waals surface area contributed by atoms with Crippen molar-refractivity contribution < 1.29 is 14.3 Å². The van der Waals surface area contributed by atoms with Crippen molar-refractivity contribution in [3.05, 3.63) is 98.4 Å². The Kier molecular flexibility index (Phi) is 7.48. The van der Waals surface area contributed by atoms with Crippen molar-refractivity contribution in [2.45, 2.75) is 26.4 Å². The molecule has 3 aromatic carbocycles. The van der Waals surface area contributed by atoms with Gasteiger partial charge in [-0.2, -0.15) is 0 Å². The van der Waals surface area contributed by atoms with Crippen LogP contribution in [0.3, 0.4) is 0 Å². The number of carbonyl (C=O) groups excluding carboxylic acids is 2. The summed E-state index contributed by atoms with van der Waals surface area (Å²) in [5.41, 5.74) is 2.54. The molecule has 0 spiro atoms. The molecule has 4 rings (SSSR count). The second kappa shape index (κ2) is 10.6. The number of pyridine rings is 1. The van der Waals surface area contributed by atoms with Crippen LogP contribution in [-0.4, -0.2) is 22.5 Å². The lowest BCUT2D eigenvalue weighted by molar-refractivity contribution is -0.124. The lowest BCUT2D eigenvalue weighted by Gasteiger charge is -2.20. The van der Waals surface area contributed by atoms with E-state index in [1.54, 1.807) is 37.3 Å². The lowest BCUT2D eigenvalue weighted by atomic mass is 9.96. The van der Waals surface area contributed by atoms with Gasteiger partial charge in [0.15, 0.2) is 6.10 Å². The summed E-state index contributed by atoms with van der Waals surface area (Å²) in [6.45, 7) is 3.70. The summed E-state index contributed by atoms with van der Waals surface area (Å²) in [6, 6.07) is 19.5. The Morgan fingerprint density at radius 2 is 1.64 bits per heavy atom. The van der Waals surface area contributed by atoms with E-state index in [2.05, 4.69) is 5.32 Å². The second-order valence-corrected chi connectivity index (χ2v) is 9.23. The number of hydrogen-bond donors (Lipinski definition) is 1. The molecule has 1 N–H and O–H groups in total. The first kappa shape index (κ1) is 25.5. The number of benzene rings is 3. The van der Waals surface area contributed by atoms with E-state index in [9.17, 15) is 14.4 Å². The van der Waals surface area contributed by atoms with Gasteiger partial charge in [-0.3, -0.25) is 9.59 Å². The van der Waals surface area contributed by atoms with Gasteiger partial charge in [-0.05, 0) is 48.6 Å². The monoisotopic (exact) mass is 522 g/mol. The van der Waals surface area contributed by atoms with E-state index in [1.165, 1.54) is 17.7 Å². The highest BCUT2D eigenvalue weighted by Crippen LogP contribution is 2.32. The van der Waals surface area contributed by atoms with Crippen LogP contribution in [0.5, 0.6) is 0 Å². The van der Waals surface area contributed by atoms with Crippen LogP contribution in [0.1, 0.15) is 29.4 Å². The first-order valence-corrected chi connectivity index (χ1v) is 12.1. The Morgan fingerprint density at radius 1 is 0.972 bits per heavy atom. The maximum atomic E-state index is 13.5. The number of aromatic nitrogens is 1. The van der Waals surface area contributed by atoms with Crippen LogP contribution in [-0.2, 0) is 16.6 Å². The van der Waals surface area contributed by atoms with Crippen LogP contribution < -0.4 is 10.9 Å². The highest BCUT2D eigenvalue weighted by atomic mass is 35.5. The van der Waals surface area contributed by atoms with Crippen molar-refractivity contribution in [2.24, 2.45) is 7.05 Å². The summed E-state index contributed by atoms with van der Waals surface area (Å²) in [5, 5.41) is 4.45. The summed E-state index contributed by atoms with van der Waals surface area (Å²) in [4.78, 5) is 39.6. The van der Waals surface area contributed by atoms with Gasteiger partial charge in [-0.15, -0.1) is 0 Å². The molecule has 36 heavy (non-hydrogen) atoms. The number of halogens is 2. The number of fused-ring (bicyclic) bond motifs is 1. The average Bonchev–Trinajstić information content (AvgIpc) is 2.87. The molecule has 0 bridgehead atoms. The van der Waals surface area contributed by atoms with Crippen molar-refractivity contribution in [2.75, 3.05) is 5.32 Å². The fourth-order valence-corrected chi connectivity index (χ4v) is 4.32. The Balaban J connectivity index is 1.75. The van der Waals surface area contributed by atoms with Crippen LogP contribution >= 0.6 is 23.2 Å². The number of ether oxygens (including phenoxy) is 1. The number of hydrogen-bond acceptors (Lipinski definition) is 4. The SMILES string of the molecule is CCC(OC(=O)c1c(-c2ccc(C)cc2)c2ccccc2c(=O)n1C)C(=O)Nc1ccc(Cl)c(Cl)c1. The largest absolute Gasteiger partial charge is 0.448 e. The molecular formula is C28H24Cl2N2O4. The highest BCUT2D eigenvalue weighted by Gasteiger charge is 2.28. The van der Waals surface area contributed by atoms with Crippen LogP contribution in [0.2, 0.25) is 10.0 Å². The van der Waals surface area contributed by atoms with E-state index < -0.39 is 18.0 Å². The molecule has 0 aliphatic heterocycles. The highest BCUT2D eigenvalue weighted by molar-refractivity contribution is 6.42. The fourth-order valence-electron chi connectivity index (χ4n) is 4.02. The van der Waals surface area contributed by atoms with Gasteiger partial charge in [0.1, 0.15) is 5.69 Å². The maximum Gasteiger partial charge on any atom is 0.356 e. The maximum absolute atomic E-state index is 13.5. The minimum absolute atomic E-state index is 0.0725. The van der Waals surface area contributed by atoms with Gasteiger partial charge in [-0.25, -0.2) is 4.79 Å². The third-order valence-electron chi connectivity index (χ3n) is 5.94. The lowest BCUT2D eigenvalue weighted by Crippen LogP contribution is -2.34. The van der Waals surface area contributed by atoms with Gasteiger partial charge >= 0.3 is 5.97 Å². The third-order valence-corrected chi connectivity index (χ3v) is 6.68. The molecular weight excluding hydrogens is 499 g/mol. The first-order valence-electron chi connectivity index (χ1n) is 11.4. The zero-order valence-electron chi connectivity index (χ0n) is 20.0. The smallest absolute Gasteiger partial charge is 0.356 e. The van der Waals surface area contributed by atoms with Gasteiger partial charge in [0.05, 0.1) is 10.0 Å². The summed E-state index contributed by atoms with van der Waals surface area (Å²) < 4.78 is 6.96. The predicted molar refractivity (Wildman–Crippen MR) is 144 cm³/mol. The Bertz CT molecular complexity index is 1530. The first-order chi connectivity index (χ1) is 17.2. The number of nitrogens with one attached hydrogen (secondary N) is 1. The number of nitrogens with zero attached hydrogens (tertiary/aromatic N) is 1. The molecule has 1 unspecified atom stereocenters. The van der Waals surface area contributed by atoms with E-state index in [0.717, 1.165) is 11.1 Å². The van der Waals surface area contributed by atoms with E-state index in [4.69, 9.17) is 27.9 Å². The van der Waals surface area contributed by atoms with Gasteiger partial charge in [0, 0.05) is 23.7 Å². The van der Waals surface area contributed by atoms with E-state index in [-0.39, 0.29) is 22.7 Å². The molecule has 4 aromatic rings. The number of carbonyl (C=O) groups is 2. The Morgan fingerprint density at radius 3 is 2.28 bits per heavy atom. The van der Waals surface area contributed by atoms with Crippen molar-refractivity contribution in [1.82, 2.24) is 4.57 Å². The average molecular weight is 523 g/mol. The molecule has 1 aromatic heterocycles. The molecule has 1 heterocycles. The minimum Gasteiger partial charge on any atom is -0.448 e. The molecule has 0 saturated heterocycles. The molecule has 0 fully saturated rings. The zero-order chi connectivity index (χ0) is 26.0. The van der Waals surface area contributed by atoms with Gasteiger partial charge in [0.2, 0.25) is 0 Å². The Hall–Kier alpha value is -3.61. The molecule has 0 radical (unpaired) electrons. The summed E-state index contributed by atoms with van der Waals surface area (Å²) in [6.07, 6.45) is -0.875. The van der Waals surface area contributed by atoms with Crippen LogP contribution in [0.4, 0.5) is 5.69 Å². The number of esters is 1. The standard InChI is InChI=1S/C28H24Cl2N2O4/c1-4-23(26(33)31-18-13-14-21(29)22(30)15-18)36-28(35)25-24(17-11-9-16(2)10-12-17)19-7-5-6-8-20(19)27(34)32(25)3/h5-15,23H,4H2,1-3H3,(H,31,33). The third kappa shape index (κ3) is 5.01. The fraction of sp³-hybridized carbons (Fsp3) is 0.179. The number of amides is 1. The number of rotatable bonds is 6. The summed E-state index contributed by atoms with van der Waals surface area (Å²) in [7, 11) is 1.53. The van der Waals surface area contributed by atoms with Gasteiger partial charge in [0.25, 0.3) is 11.5 Å². The molecule has 1 atom stereocenters. The molecule has 0 saturated carbocycles. The van der Waals surface area contributed by atoms with Crippen LogP contribution in [0.15, 0.2) is 71.5 Å². The molecule has 6 nitrogen and oxygen atoms in total. The van der Waals surface area contributed by atoms with Crippen molar-refractivity contribution in [1.29, 1.82) is 0 Å². The van der Waals surface area contributed by atoms with E-state index in [0.29, 0.717) is 27.0 Å². The van der Waals surface area contributed by atoms with Crippen LogP contribution in [0.25, 0.3) is 21.9 Å². The topological polar surface area (TPSA) is 77.4 Å². The van der Waals surface area contributed by atoms with Crippen LogP contribution in [0, 0.1) is 6.92 Å². The molecule has 0 aliphatic carbocycles. The molecule has 8 heteroatoms. The minimum atomic E-state index is -1.10. The van der Waals surface area contributed by atoms with E-state index >= 15 is 0 Å².